The number of nitrogens with zero attached hydrogens (tertiary/aromatic N) is 1. The lowest BCUT2D eigenvalue weighted by molar-refractivity contribution is 0.0567. The summed E-state index contributed by atoms with van der Waals surface area (Å²) >= 11 is 1.68. The van der Waals surface area contributed by atoms with E-state index < -0.39 is 5.60 Å². The summed E-state index contributed by atoms with van der Waals surface area (Å²) in [5.41, 5.74) is -0.331. The van der Waals surface area contributed by atoms with E-state index >= 15 is 0 Å². The highest BCUT2D eigenvalue weighted by Crippen LogP contribution is 2.22. The molecule has 0 bridgehead atoms. The Morgan fingerprint density at radius 3 is 2.57 bits per heavy atom. The van der Waals surface area contributed by atoms with E-state index in [0.717, 1.165) is 9.88 Å². The van der Waals surface area contributed by atoms with Gasteiger partial charge in [-0.1, -0.05) is 26.0 Å². The lowest BCUT2D eigenvalue weighted by atomic mass is 9.96. The zero-order valence-electron chi connectivity index (χ0n) is 12.6. The quantitative estimate of drug-likeness (QED) is 0.859. The molecule has 0 radical (unpaired) electrons. The molecule has 0 fully saturated rings. The molecule has 2 rings (SSSR count). The van der Waals surface area contributed by atoms with Gasteiger partial charge in [-0.2, -0.15) is 0 Å². The minimum absolute atomic E-state index is 0.298. The summed E-state index contributed by atoms with van der Waals surface area (Å²) in [5, 5.41) is 14.8. The molecular weight excluding hydrogens is 287 g/mol. The van der Waals surface area contributed by atoms with E-state index in [-0.39, 0.29) is 5.82 Å². The smallest absolute Gasteiger partial charge is 0.123 e. The second kappa shape index (κ2) is 6.64. The second-order valence-electron chi connectivity index (χ2n) is 5.70. The molecule has 0 saturated carbocycles. The SMILES string of the molecule is CC(C)c1ncc(CNCC(C)(O)c2ccc(F)cc2)s1. The normalized spacial score (nSPS) is 14.4. The van der Waals surface area contributed by atoms with Crippen LogP contribution in [0.25, 0.3) is 0 Å². The van der Waals surface area contributed by atoms with E-state index in [4.69, 9.17) is 0 Å². The molecule has 0 aliphatic heterocycles. The van der Waals surface area contributed by atoms with Gasteiger partial charge in [0, 0.05) is 30.1 Å². The minimum Gasteiger partial charge on any atom is -0.384 e. The second-order valence-corrected chi connectivity index (χ2v) is 6.85. The molecule has 0 spiro atoms. The zero-order valence-corrected chi connectivity index (χ0v) is 13.4. The number of nitrogens with one attached hydrogen (secondary N) is 1. The summed E-state index contributed by atoms with van der Waals surface area (Å²) in [7, 11) is 0. The summed E-state index contributed by atoms with van der Waals surface area (Å²) in [6, 6.07) is 5.95. The first-order valence-electron chi connectivity index (χ1n) is 7.02. The molecule has 2 aromatic rings. The molecule has 1 heterocycles. The van der Waals surface area contributed by atoms with Gasteiger partial charge in [0.2, 0.25) is 0 Å². The van der Waals surface area contributed by atoms with Gasteiger partial charge >= 0.3 is 0 Å². The van der Waals surface area contributed by atoms with Crippen LogP contribution in [0.5, 0.6) is 0 Å². The Morgan fingerprint density at radius 1 is 1.33 bits per heavy atom. The van der Waals surface area contributed by atoms with Gasteiger partial charge < -0.3 is 10.4 Å². The van der Waals surface area contributed by atoms with Gasteiger partial charge in [0.1, 0.15) is 5.82 Å². The molecule has 0 aliphatic carbocycles. The minimum atomic E-state index is -1.03. The van der Waals surface area contributed by atoms with Gasteiger partial charge in [-0.3, -0.25) is 0 Å². The maximum Gasteiger partial charge on any atom is 0.123 e. The monoisotopic (exact) mass is 308 g/mol. The standard InChI is InChI=1S/C16H21FN2OS/c1-11(2)15-19-9-14(21-15)8-18-10-16(3,20)12-4-6-13(17)7-5-12/h4-7,9,11,18,20H,8,10H2,1-3H3. The van der Waals surface area contributed by atoms with Gasteiger partial charge in [0.05, 0.1) is 10.6 Å². The lowest BCUT2D eigenvalue weighted by Crippen LogP contribution is -2.35. The third kappa shape index (κ3) is 4.33. The number of thiazole rings is 1. The fourth-order valence-corrected chi connectivity index (χ4v) is 2.90. The Hall–Kier alpha value is -1.30. The lowest BCUT2D eigenvalue weighted by Gasteiger charge is -2.24. The number of rotatable bonds is 6. The Balaban J connectivity index is 1.90. The zero-order chi connectivity index (χ0) is 15.5. The predicted octanol–water partition coefficient (Wildman–Crippen LogP) is 3.40. The van der Waals surface area contributed by atoms with Crippen LogP contribution in [0, 0.1) is 5.82 Å². The number of benzene rings is 1. The Morgan fingerprint density at radius 2 is 2.00 bits per heavy atom. The molecule has 21 heavy (non-hydrogen) atoms. The van der Waals surface area contributed by atoms with E-state index in [1.165, 1.54) is 12.1 Å². The number of hydrogen-bond acceptors (Lipinski definition) is 4. The van der Waals surface area contributed by atoms with Crippen molar-refractivity contribution in [2.75, 3.05) is 6.54 Å². The molecular formula is C16H21FN2OS. The van der Waals surface area contributed by atoms with E-state index in [9.17, 15) is 9.50 Å². The third-order valence-corrected chi connectivity index (χ3v) is 4.60. The largest absolute Gasteiger partial charge is 0.384 e. The van der Waals surface area contributed by atoms with Crippen molar-refractivity contribution in [3.8, 4) is 0 Å². The van der Waals surface area contributed by atoms with Crippen molar-refractivity contribution in [3.05, 3.63) is 51.7 Å². The Kier molecular flexibility index (Phi) is 5.08. The van der Waals surface area contributed by atoms with Gasteiger partial charge in [0.25, 0.3) is 0 Å². The van der Waals surface area contributed by atoms with E-state index in [0.29, 0.717) is 24.6 Å². The number of aromatic nitrogens is 1. The van der Waals surface area contributed by atoms with Gasteiger partial charge in [-0.25, -0.2) is 9.37 Å². The molecule has 114 valence electrons. The Bertz CT molecular complexity index is 578. The van der Waals surface area contributed by atoms with Crippen molar-refractivity contribution in [2.45, 2.75) is 38.8 Å². The first-order valence-corrected chi connectivity index (χ1v) is 7.84. The summed E-state index contributed by atoms with van der Waals surface area (Å²) in [6.07, 6.45) is 1.87. The molecule has 2 N–H and O–H groups in total. The topological polar surface area (TPSA) is 45.2 Å². The van der Waals surface area contributed by atoms with E-state index in [1.807, 2.05) is 6.20 Å². The molecule has 1 atom stereocenters. The van der Waals surface area contributed by atoms with Crippen LogP contribution >= 0.6 is 11.3 Å². The van der Waals surface area contributed by atoms with Crippen molar-refractivity contribution in [1.29, 1.82) is 0 Å². The molecule has 1 aromatic heterocycles. The van der Waals surface area contributed by atoms with Gasteiger partial charge in [0.15, 0.2) is 0 Å². The molecule has 0 saturated heterocycles. The fraction of sp³-hybridized carbons (Fsp3) is 0.438. The maximum atomic E-state index is 12.9. The van der Waals surface area contributed by atoms with Crippen LogP contribution in [-0.2, 0) is 12.1 Å². The van der Waals surface area contributed by atoms with Crippen LogP contribution in [0.2, 0.25) is 0 Å². The van der Waals surface area contributed by atoms with Crippen molar-refractivity contribution in [2.24, 2.45) is 0 Å². The number of aliphatic hydroxyl groups is 1. The first-order chi connectivity index (χ1) is 9.88. The molecule has 5 heteroatoms. The number of halogens is 1. The summed E-state index contributed by atoms with van der Waals surface area (Å²) < 4.78 is 12.9. The summed E-state index contributed by atoms with van der Waals surface area (Å²) in [4.78, 5) is 5.52. The van der Waals surface area contributed by atoms with Crippen molar-refractivity contribution < 1.29 is 9.50 Å². The summed E-state index contributed by atoms with van der Waals surface area (Å²) in [5.74, 6) is 0.138. The van der Waals surface area contributed by atoms with Crippen LogP contribution in [0.4, 0.5) is 4.39 Å². The highest BCUT2D eigenvalue weighted by molar-refractivity contribution is 7.11. The molecule has 1 aromatic carbocycles. The molecule has 1 unspecified atom stereocenters. The summed E-state index contributed by atoms with van der Waals surface area (Å²) in [6.45, 7) is 7.03. The molecule has 0 amide bonds. The average Bonchev–Trinajstić information content (AvgIpc) is 2.88. The van der Waals surface area contributed by atoms with Crippen LogP contribution < -0.4 is 5.32 Å². The van der Waals surface area contributed by atoms with Crippen molar-refractivity contribution >= 4 is 11.3 Å². The predicted molar refractivity (Wildman–Crippen MR) is 83.9 cm³/mol. The van der Waals surface area contributed by atoms with Crippen LogP contribution in [0.3, 0.4) is 0 Å². The third-order valence-electron chi connectivity index (χ3n) is 3.30. The molecule has 3 nitrogen and oxygen atoms in total. The first kappa shape index (κ1) is 16.1. The van der Waals surface area contributed by atoms with Crippen molar-refractivity contribution in [3.63, 3.8) is 0 Å². The average molecular weight is 308 g/mol. The highest BCUT2D eigenvalue weighted by atomic mass is 32.1. The van der Waals surface area contributed by atoms with E-state index in [2.05, 4.69) is 24.1 Å². The van der Waals surface area contributed by atoms with Crippen molar-refractivity contribution in [1.82, 2.24) is 10.3 Å². The number of hydrogen-bond donors (Lipinski definition) is 2. The van der Waals surface area contributed by atoms with Crippen LogP contribution in [-0.4, -0.2) is 16.6 Å². The van der Waals surface area contributed by atoms with Gasteiger partial charge in [-0.05, 0) is 24.6 Å². The fourth-order valence-electron chi connectivity index (χ4n) is 2.01. The Labute approximate surface area is 128 Å². The van der Waals surface area contributed by atoms with Crippen LogP contribution in [0.15, 0.2) is 30.5 Å². The van der Waals surface area contributed by atoms with Gasteiger partial charge in [-0.15, -0.1) is 11.3 Å². The maximum absolute atomic E-state index is 12.9. The van der Waals surface area contributed by atoms with E-state index in [1.54, 1.807) is 30.4 Å². The molecule has 0 aliphatic rings. The van der Waals surface area contributed by atoms with Crippen LogP contribution in [0.1, 0.15) is 42.1 Å². The highest BCUT2D eigenvalue weighted by Gasteiger charge is 2.22.